The Morgan fingerprint density at radius 1 is 0.880 bits per heavy atom. The molecule has 0 atom stereocenters. The lowest BCUT2D eigenvalue weighted by molar-refractivity contribution is 0.0596. The van der Waals surface area contributed by atoms with Crippen LogP contribution >= 0.6 is 0 Å². The first kappa shape index (κ1) is 18.2. The fourth-order valence-electron chi connectivity index (χ4n) is 2.25. The van der Waals surface area contributed by atoms with Crippen LogP contribution in [0.2, 0.25) is 0 Å². The van der Waals surface area contributed by atoms with Gasteiger partial charge in [0.05, 0.1) is 30.9 Å². The van der Waals surface area contributed by atoms with E-state index in [2.05, 4.69) is 0 Å². The fraction of sp³-hybridized carbons (Fsp3) is 0.167. The standard InChI is InChI=1S/C18H17NO6/c1-23-17(21)13-8-11(9-14(15(13)10-19)18(22)24-2)16(20)25-12-6-4-3-5-7-12/h3-9H,10,19H2,1-2H3. The van der Waals surface area contributed by atoms with Crippen molar-refractivity contribution in [1.82, 2.24) is 0 Å². The van der Waals surface area contributed by atoms with Gasteiger partial charge in [0.15, 0.2) is 0 Å². The largest absolute Gasteiger partial charge is 0.465 e. The number of carbonyl (C=O) groups is 3. The third kappa shape index (κ3) is 4.02. The SMILES string of the molecule is COC(=O)c1cc(C(=O)Oc2ccccc2)cc(C(=O)OC)c1CN. The predicted molar refractivity (Wildman–Crippen MR) is 88.4 cm³/mol. The van der Waals surface area contributed by atoms with Gasteiger partial charge in [-0.2, -0.15) is 0 Å². The first-order valence-electron chi connectivity index (χ1n) is 7.32. The molecule has 0 fully saturated rings. The molecule has 0 aliphatic carbocycles. The summed E-state index contributed by atoms with van der Waals surface area (Å²) in [5.41, 5.74) is 5.90. The Kier molecular flexibility index (Phi) is 5.86. The minimum absolute atomic E-state index is 0.00172. The molecule has 0 spiro atoms. The number of para-hydroxylation sites is 1. The number of benzene rings is 2. The normalized spacial score (nSPS) is 10.0. The van der Waals surface area contributed by atoms with Crippen LogP contribution in [0.4, 0.5) is 0 Å². The lowest BCUT2D eigenvalue weighted by Gasteiger charge is -2.13. The highest BCUT2D eigenvalue weighted by Gasteiger charge is 2.23. The van der Waals surface area contributed by atoms with Gasteiger partial charge < -0.3 is 19.9 Å². The van der Waals surface area contributed by atoms with Gasteiger partial charge in [0.2, 0.25) is 0 Å². The number of rotatable bonds is 5. The van der Waals surface area contributed by atoms with E-state index in [1.807, 2.05) is 0 Å². The molecule has 0 saturated heterocycles. The second-order valence-electron chi connectivity index (χ2n) is 4.94. The van der Waals surface area contributed by atoms with Crippen molar-refractivity contribution in [2.45, 2.75) is 6.54 Å². The zero-order valence-electron chi connectivity index (χ0n) is 13.8. The second kappa shape index (κ2) is 8.07. The highest BCUT2D eigenvalue weighted by Crippen LogP contribution is 2.21. The van der Waals surface area contributed by atoms with E-state index in [4.69, 9.17) is 19.9 Å². The molecule has 130 valence electrons. The molecular formula is C18H17NO6. The second-order valence-corrected chi connectivity index (χ2v) is 4.94. The van der Waals surface area contributed by atoms with Crippen LogP contribution in [0.15, 0.2) is 42.5 Å². The lowest BCUT2D eigenvalue weighted by Crippen LogP contribution is -2.19. The highest BCUT2D eigenvalue weighted by atomic mass is 16.5. The molecule has 2 N–H and O–H groups in total. The molecule has 0 amide bonds. The van der Waals surface area contributed by atoms with Crippen LogP contribution in [0.25, 0.3) is 0 Å². The van der Waals surface area contributed by atoms with E-state index in [9.17, 15) is 14.4 Å². The van der Waals surface area contributed by atoms with Crippen molar-refractivity contribution in [2.75, 3.05) is 14.2 Å². The first-order chi connectivity index (χ1) is 12.0. The van der Waals surface area contributed by atoms with E-state index >= 15 is 0 Å². The maximum Gasteiger partial charge on any atom is 0.343 e. The quantitative estimate of drug-likeness (QED) is 0.653. The van der Waals surface area contributed by atoms with Crippen LogP contribution in [0.5, 0.6) is 5.75 Å². The number of hydrogen-bond donors (Lipinski definition) is 1. The summed E-state index contributed by atoms with van der Waals surface area (Å²) in [4.78, 5) is 36.4. The van der Waals surface area contributed by atoms with Gasteiger partial charge in [-0.15, -0.1) is 0 Å². The van der Waals surface area contributed by atoms with Gasteiger partial charge in [-0.3, -0.25) is 0 Å². The van der Waals surface area contributed by atoms with Crippen molar-refractivity contribution in [2.24, 2.45) is 5.73 Å². The molecule has 0 radical (unpaired) electrons. The van der Waals surface area contributed by atoms with Crippen LogP contribution in [0.1, 0.15) is 36.6 Å². The molecule has 0 unspecified atom stereocenters. The van der Waals surface area contributed by atoms with Crippen LogP contribution in [-0.4, -0.2) is 32.1 Å². The van der Waals surface area contributed by atoms with Gasteiger partial charge in [0, 0.05) is 6.54 Å². The van der Waals surface area contributed by atoms with Gasteiger partial charge in [-0.05, 0) is 29.8 Å². The fourth-order valence-corrected chi connectivity index (χ4v) is 2.25. The molecule has 0 aliphatic heterocycles. The van der Waals surface area contributed by atoms with E-state index < -0.39 is 17.9 Å². The molecule has 2 aromatic carbocycles. The van der Waals surface area contributed by atoms with E-state index in [-0.39, 0.29) is 28.8 Å². The van der Waals surface area contributed by atoms with Crippen LogP contribution < -0.4 is 10.5 Å². The molecule has 7 nitrogen and oxygen atoms in total. The molecule has 0 bridgehead atoms. The van der Waals surface area contributed by atoms with Crippen molar-refractivity contribution in [1.29, 1.82) is 0 Å². The minimum Gasteiger partial charge on any atom is -0.465 e. The highest BCUT2D eigenvalue weighted by molar-refractivity contribution is 6.02. The summed E-state index contributed by atoms with van der Waals surface area (Å²) in [6.07, 6.45) is 0. The molecule has 0 aliphatic rings. The number of nitrogens with two attached hydrogens (primary N) is 1. The van der Waals surface area contributed by atoms with E-state index in [1.165, 1.54) is 26.4 Å². The molecule has 0 heterocycles. The van der Waals surface area contributed by atoms with E-state index in [1.54, 1.807) is 30.3 Å². The van der Waals surface area contributed by atoms with Gasteiger partial charge >= 0.3 is 17.9 Å². The molecule has 0 saturated carbocycles. The van der Waals surface area contributed by atoms with Crippen molar-refractivity contribution >= 4 is 17.9 Å². The Hall–Kier alpha value is -3.19. The smallest absolute Gasteiger partial charge is 0.343 e. The maximum atomic E-state index is 12.4. The number of hydrogen-bond acceptors (Lipinski definition) is 7. The Morgan fingerprint density at radius 2 is 1.40 bits per heavy atom. The van der Waals surface area contributed by atoms with Crippen LogP contribution in [0.3, 0.4) is 0 Å². The zero-order valence-corrected chi connectivity index (χ0v) is 13.8. The van der Waals surface area contributed by atoms with E-state index in [0.717, 1.165) is 0 Å². The number of methoxy groups -OCH3 is 2. The Morgan fingerprint density at radius 3 is 1.84 bits per heavy atom. The summed E-state index contributed by atoms with van der Waals surface area (Å²) in [6.45, 7) is -0.108. The third-order valence-corrected chi connectivity index (χ3v) is 3.45. The Labute approximate surface area is 144 Å². The molecule has 7 heteroatoms. The lowest BCUT2D eigenvalue weighted by atomic mass is 9.97. The minimum atomic E-state index is -0.731. The Bertz CT molecular complexity index is 763. The van der Waals surface area contributed by atoms with Gasteiger partial charge in [-0.25, -0.2) is 14.4 Å². The number of esters is 3. The van der Waals surface area contributed by atoms with E-state index in [0.29, 0.717) is 5.75 Å². The van der Waals surface area contributed by atoms with Gasteiger partial charge in [0.1, 0.15) is 5.75 Å². The topological polar surface area (TPSA) is 105 Å². The van der Waals surface area contributed by atoms with Gasteiger partial charge in [-0.1, -0.05) is 18.2 Å². The van der Waals surface area contributed by atoms with Crippen molar-refractivity contribution in [3.8, 4) is 5.75 Å². The number of ether oxygens (including phenoxy) is 3. The summed E-state index contributed by atoms with van der Waals surface area (Å²) in [6, 6.07) is 11.0. The molecule has 0 aromatic heterocycles. The molecule has 25 heavy (non-hydrogen) atoms. The van der Waals surface area contributed by atoms with Crippen molar-refractivity contribution in [3.63, 3.8) is 0 Å². The first-order valence-corrected chi connectivity index (χ1v) is 7.32. The Balaban J connectivity index is 2.52. The number of carbonyl (C=O) groups excluding carboxylic acids is 3. The summed E-state index contributed by atoms with van der Waals surface area (Å²) in [5.74, 6) is -1.85. The average molecular weight is 343 g/mol. The monoisotopic (exact) mass is 343 g/mol. The molecule has 2 rings (SSSR count). The summed E-state index contributed by atoms with van der Waals surface area (Å²) in [7, 11) is 2.38. The summed E-state index contributed by atoms with van der Waals surface area (Å²) >= 11 is 0. The summed E-state index contributed by atoms with van der Waals surface area (Å²) in [5, 5.41) is 0. The predicted octanol–water partition coefficient (Wildman–Crippen LogP) is 1.94. The van der Waals surface area contributed by atoms with Crippen molar-refractivity contribution < 1.29 is 28.6 Å². The summed E-state index contributed by atoms with van der Waals surface area (Å²) < 4.78 is 14.6. The average Bonchev–Trinajstić information content (AvgIpc) is 2.66. The van der Waals surface area contributed by atoms with Crippen LogP contribution in [-0.2, 0) is 16.0 Å². The molecule has 2 aromatic rings. The van der Waals surface area contributed by atoms with Crippen molar-refractivity contribution in [3.05, 3.63) is 64.7 Å². The molecular weight excluding hydrogens is 326 g/mol. The van der Waals surface area contributed by atoms with Crippen LogP contribution in [0, 0.1) is 0 Å². The zero-order chi connectivity index (χ0) is 18.4. The van der Waals surface area contributed by atoms with Gasteiger partial charge in [0.25, 0.3) is 0 Å². The third-order valence-electron chi connectivity index (χ3n) is 3.45. The maximum absolute atomic E-state index is 12.4.